The van der Waals surface area contributed by atoms with Crippen LogP contribution in [0.4, 0.5) is 0 Å². The van der Waals surface area contributed by atoms with E-state index in [1.165, 1.54) is 0 Å². The van der Waals surface area contributed by atoms with Gasteiger partial charge in [-0.25, -0.2) is 4.98 Å². The van der Waals surface area contributed by atoms with E-state index in [9.17, 15) is 4.79 Å². The molecule has 2 unspecified atom stereocenters. The van der Waals surface area contributed by atoms with Crippen LogP contribution in [-0.2, 0) is 5.75 Å². The number of nitrogens with zero attached hydrogens (tertiary/aromatic N) is 2. The molecule has 1 amide bonds. The monoisotopic (exact) mass is 380 g/mol. The minimum absolute atomic E-state index is 0.0191. The summed E-state index contributed by atoms with van der Waals surface area (Å²) in [6.07, 6.45) is 5.05. The first-order chi connectivity index (χ1) is 13.2. The summed E-state index contributed by atoms with van der Waals surface area (Å²) in [6.45, 7) is 4.10. The molecule has 2 atom stereocenters. The third-order valence-corrected chi connectivity index (χ3v) is 6.06. The molecule has 6 heteroatoms. The highest BCUT2D eigenvalue weighted by molar-refractivity contribution is 7.98. The van der Waals surface area contributed by atoms with E-state index < -0.39 is 0 Å². The summed E-state index contributed by atoms with van der Waals surface area (Å²) in [5.74, 6) is 1.29. The number of fused-ring (bicyclic) bond motifs is 1. The van der Waals surface area contributed by atoms with E-state index >= 15 is 0 Å². The van der Waals surface area contributed by atoms with Gasteiger partial charge in [-0.3, -0.25) is 4.79 Å². The molecule has 2 N–H and O–H groups in total. The topological polar surface area (TPSA) is 58.4 Å². The van der Waals surface area contributed by atoms with Crippen LogP contribution in [0.15, 0.2) is 59.8 Å². The SMILES string of the molecule is CC1CNCCC1NC(=O)c1ccc(SCc2cn3ccccc3n2)cc1. The Morgan fingerprint density at radius 1 is 1.30 bits per heavy atom. The Labute approximate surface area is 163 Å². The average molecular weight is 381 g/mol. The lowest BCUT2D eigenvalue weighted by atomic mass is 9.95. The predicted molar refractivity (Wildman–Crippen MR) is 109 cm³/mol. The maximum Gasteiger partial charge on any atom is 0.251 e. The Morgan fingerprint density at radius 3 is 2.93 bits per heavy atom. The van der Waals surface area contributed by atoms with Crippen molar-refractivity contribution in [2.24, 2.45) is 5.92 Å². The Bertz CT molecular complexity index is 888. The molecule has 1 aliphatic rings. The van der Waals surface area contributed by atoms with Crippen molar-refractivity contribution in [3.63, 3.8) is 0 Å². The van der Waals surface area contributed by atoms with Gasteiger partial charge in [0.25, 0.3) is 5.91 Å². The van der Waals surface area contributed by atoms with Crippen LogP contribution < -0.4 is 10.6 Å². The third kappa shape index (κ3) is 4.34. The number of pyridine rings is 1. The highest BCUT2D eigenvalue weighted by atomic mass is 32.2. The second kappa shape index (κ2) is 8.15. The normalized spacial score (nSPS) is 19.9. The van der Waals surface area contributed by atoms with Gasteiger partial charge < -0.3 is 15.0 Å². The second-order valence-corrected chi connectivity index (χ2v) is 8.11. The minimum Gasteiger partial charge on any atom is -0.349 e. The Balaban J connectivity index is 1.34. The van der Waals surface area contributed by atoms with Gasteiger partial charge >= 0.3 is 0 Å². The first-order valence-electron chi connectivity index (χ1n) is 9.36. The smallest absolute Gasteiger partial charge is 0.251 e. The van der Waals surface area contributed by atoms with Gasteiger partial charge in [0.05, 0.1) is 5.69 Å². The molecule has 0 radical (unpaired) electrons. The number of rotatable bonds is 5. The Hall–Kier alpha value is -2.31. The molecule has 0 spiro atoms. The summed E-state index contributed by atoms with van der Waals surface area (Å²) < 4.78 is 2.03. The molecule has 1 fully saturated rings. The van der Waals surface area contributed by atoms with Gasteiger partial charge in [0, 0.05) is 34.6 Å². The number of hydrogen-bond acceptors (Lipinski definition) is 4. The Morgan fingerprint density at radius 2 is 2.15 bits per heavy atom. The van der Waals surface area contributed by atoms with Gasteiger partial charge in [-0.05, 0) is 61.8 Å². The average Bonchev–Trinajstić information content (AvgIpc) is 3.11. The number of carbonyl (C=O) groups excluding carboxylic acids is 1. The van der Waals surface area contributed by atoms with Crippen molar-refractivity contribution in [2.75, 3.05) is 13.1 Å². The van der Waals surface area contributed by atoms with Crippen molar-refractivity contribution in [1.82, 2.24) is 20.0 Å². The summed E-state index contributed by atoms with van der Waals surface area (Å²) in [7, 11) is 0. The van der Waals surface area contributed by atoms with Crippen LogP contribution >= 0.6 is 11.8 Å². The number of imidazole rings is 1. The summed E-state index contributed by atoms with van der Waals surface area (Å²) >= 11 is 1.73. The molecule has 0 saturated carbocycles. The molecular formula is C21H24N4OS. The fourth-order valence-corrected chi connectivity index (χ4v) is 4.18. The summed E-state index contributed by atoms with van der Waals surface area (Å²) in [6, 6.07) is 14.1. The van der Waals surface area contributed by atoms with Crippen molar-refractivity contribution in [2.45, 2.75) is 30.0 Å². The summed E-state index contributed by atoms with van der Waals surface area (Å²) in [5, 5.41) is 6.54. The number of nitrogens with one attached hydrogen (secondary N) is 2. The van der Waals surface area contributed by atoms with E-state index in [2.05, 4.69) is 28.7 Å². The molecule has 5 nitrogen and oxygen atoms in total. The van der Waals surface area contributed by atoms with Crippen LogP contribution in [-0.4, -0.2) is 34.4 Å². The van der Waals surface area contributed by atoms with E-state index in [1.54, 1.807) is 11.8 Å². The van der Waals surface area contributed by atoms with Crippen LogP contribution in [0.2, 0.25) is 0 Å². The molecule has 0 bridgehead atoms. The molecule has 2 aromatic heterocycles. The molecule has 3 heterocycles. The van der Waals surface area contributed by atoms with Gasteiger partial charge in [-0.15, -0.1) is 11.8 Å². The molecule has 0 aliphatic carbocycles. The quantitative estimate of drug-likeness (QED) is 0.667. The van der Waals surface area contributed by atoms with E-state index in [-0.39, 0.29) is 11.9 Å². The van der Waals surface area contributed by atoms with Gasteiger partial charge in [0.15, 0.2) is 0 Å². The number of aromatic nitrogens is 2. The van der Waals surface area contributed by atoms with E-state index in [1.807, 2.05) is 53.1 Å². The van der Waals surface area contributed by atoms with Crippen LogP contribution in [0, 0.1) is 5.92 Å². The number of thioether (sulfide) groups is 1. The zero-order valence-electron chi connectivity index (χ0n) is 15.4. The predicted octanol–water partition coefficient (Wildman–Crippen LogP) is 3.35. The molecular weight excluding hydrogens is 356 g/mol. The second-order valence-electron chi connectivity index (χ2n) is 7.06. The molecule has 1 aliphatic heterocycles. The van der Waals surface area contributed by atoms with Crippen LogP contribution in [0.1, 0.15) is 29.4 Å². The molecule has 4 rings (SSSR count). The first kappa shape index (κ1) is 18.1. The molecule has 1 aromatic carbocycles. The highest BCUT2D eigenvalue weighted by Gasteiger charge is 2.22. The zero-order valence-corrected chi connectivity index (χ0v) is 16.2. The van der Waals surface area contributed by atoms with E-state index in [4.69, 9.17) is 0 Å². The largest absolute Gasteiger partial charge is 0.349 e. The van der Waals surface area contributed by atoms with Crippen molar-refractivity contribution in [1.29, 1.82) is 0 Å². The Kier molecular flexibility index (Phi) is 5.45. The lowest BCUT2D eigenvalue weighted by Gasteiger charge is -2.30. The van der Waals surface area contributed by atoms with Crippen molar-refractivity contribution in [3.05, 3.63) is 66.1 Å². The number of piperidine rings is 1. The number of carbonyl (C=O) groups is 1. The van der Waals surface area contributed by atoms with E-state index in [0.29, 0.717) is 5.92 Å². The van der Waals surface area contributed by atoms with Crippen LogP contribution in [0.5, 0.6) is 0 Å². The number of hydrogen-bond donors (Lipinski definition) is 2. The fourth-order valence-electron chi connectivity index (χ4n) is 3.40. The third-order valence-electron chi connectivity index (χ3n) is 5.02. The number of benzene rings is 1. The zero-order chi connectivity index (χ0) is 18.6. The van der Waals surface area contributed by atoms with Crippen molar-refractivity contribution < 1.29 is 4.79 Å². The number of amides is 1. The standard InChI is InChI=1S/C21H24N4OS/c1-15-12-22-10-9-19(15)24-21(26)16-5-7-18(8-6-16)27-14-17-13-25-11-3-2-4-20(25)23-17/h2-8,11,13,15,19,22H,9-10,12,14H2,1H3,(H,24,26). The highest BCUT2D eigenvalue weighted by Crippen LogP contribution is 2.23. The maximum absolute atomic E-state index is 12.5. The fraction of sp³-hybridized carbons (Fsp3) is 0.333. The van der Waals surface area contributed by atoms with Gasteiger partial charge in [-0.1, -0.05) is 13.0 Å². The van der Waals surface area contributed by atoms with Crippen LogP contribution in [0.25, 0.3) is 5.65 Å². The first-order valence-corrected chi connectivity index (χ1v) is 10.3. The lowest BCUT2D eigenvalue weighted by molar-refractivity contribution is 0.0914. The molecule has 1 saturated heterocycles. The molecule has 3 aromatic rings. The summed E-state index contributed by atoms with van der Waals surface area (Å²) in [4.78, 5) is 18.3. The van der Waals surface area contributed by atoms with Gasteiger partial charge in [-0.2, -0.15) is 0 Å². The lowest BCUT2D eigenvalue weighted by Crippen LogP contribution is -2.48. The maximum atomic E-state index is 12.5. The van der Waals surface area contributed by atoms with Crippen LogP contribution in [0.3, 0.4) is 0 Å². The molecule has 140 valence electrons. The van der Waals surface area contributed by atoms with Crippen molar-refractivity contribution >= 4 is 23.3 Å². The van der Waals surface area contributed by atoms with Gasteiger partial charge in [0.1, 0.15) is 5.65 Å². The van der Waals surface area contributed by atoms with Crippen molar-refractivity contribution in [3.8, 4) is 0 Å². The summed E-state index contributed by atoms with van der Waals surface area (Å²) in [5.41, 5.74) is 2.73. The van der Waals surface area contributed by atoms with Gasteiger partial charge in [0.2, 0.25) is 0 Å². The minimum atomic E-state index is 0.0191. The van der Waals surface area contributed by atoms with E-state index in [0.717, 1.165) is 47.1 Å². The molecule has 27 heavy (non-hydrogen) atoms.